The first-order chi connectivity index (χ1) is 9.17. The van der Waals surface area contributed by atoms with Crippen molar-refractivity contribution in [1.29, 1.82) is 5.26 Å². The Morgan fingerprint density at radius 3 is 3.05 bits per heavy atom. The summed E-state index contributed by atoms with van der Waals surface area (Å²) in [5, 5.41) is 21.6. The molecule has 0 aliphatic rings. The molecule has 5 nitrogen and oxygen atoms in total. The van der Waals surface area contributed by atoms with Gasteiger partial charge in [-0.1, -0.05) is 17.3 Å². The van der Waals surface area contributed by atoms with Crippen LogP contribution in [0, 0.1) is 17.1 Å². The van der Waals surface area contributed by atoms with Gasteiger partial charge in [-0.15, -0.1) is 0 Å². The summed E-state index contributed by atoms with van der Waals surface area (Å²) < 4.78 is 18.0. The van der Waals surface area contributed by atoms with E-state index >= 15 is 0 Å². The number of aromatic nitrogens is 2. The summed E-state index contributed by atoms with van der Waals surface area (Å²) >= 11 is 0. The summed E-state index contributed by atoms with van der Waals surface area (Å²) in [6.07, 6.45) is -0.298. The van der Waals surface area contributed by atoms with Crippen molar-refractivity contribution >= 4 is 0 Å². The molecule has 1 N–H and O–H groups in total. The largest absolute Gasteiger partial charge is 0.392 e. The summed E-state index contributed by atoms with van der Waals surface area (Å²) in [7, 11) is 0. The molecule has 0 saturated carbocycles. The molecule has 0 radical (unpaired) electrons. The van der Waals surface area contributed by atoms with Gasteiger partial charge < -0.3 is 9.63 Å². The summed E-state index contributed by atoms with van der Waals surface area (Å²) in [6, 6.07) is 8.01. The minimum Gasteiger partial charge on any atom is -0.392 e. The number of aliphatic hydroxyl groups excluding tert-OH is 1. The molecule has 2 rings (SSSR count). The fourth-order valence-corrected chi connectivity index (χ4v) is 1.65. The van der Waals surface area contributed by atoms with Crippen LogP contribution in [0.1, 0.15) is 23.7 Å². The SMILES string of the molecule is N#CCC(O)Cc1nc(Cc2cccc(F)c2)no1. The van der Waals surface area contributed by atoms with Crippen LogP contribution >= 0.6 is 0 Å². The lowest BCUT2D eigenvalue weighted by Gasteiger charge is -1.99. The Morgan fingerprint density at radius 1 is 1.47 bits per heavy atom. The van der Waals surface area contributed by atoms with Crippen LogP contribution in [-0.4, -0.2) is 21.4 Å². The molecule has 2 aromatic rings. The van der Waals surface area contributed by atoms with Crippen LogP contribution in [0.15, 0.2) is 28.8 Å². The standard InChI is InChI=1S/C13H12FN3O2/c14-10-3-1-2-9(6-10)7-12-16-13(19-17-12)8-11(18)4-5-15/h1-3,6,11,18H,4,7-8H2. The molecule has 98 valence electrons. The Kier molecular flexibility index (Phi) is 4.21. The van der Waals surface area contributed by atoms with Gasteiger partial charge in [0.25, 0.3) is 0 Å². The summed E-state index contributed by atoms with van der Waals surface area (Å²) in [5.74, 6) is 0.379. The molecule has 0 amide bonds. The molecule has 1 atom stereocenters. The highest BCUT2D eigenvalue weighted by atomic mass is 19.1. The van der Waals surface area contributed by atoms with Crippen LogP contribution < -0.4 is 0 Å². The number of hydrogen-bond donors (Lipinski definition) is 1. The van der Waals surface area contributed by atoms with E-state index < -0.39 is 6.10 Å². The third kappa shape index (κ3) is 3.86. The van der Waals surface area contributed by atoms with Crippen molar-refractivity contribution in [2.75, 3.05) is 0 Å². The van der Waals surface area contributed by atoms with Crippen molar-refractivity contribution in [3.63, 3.8) is 0 Å². The average molecular weight is 261 g/mol. The number of benzene rings is 1. The third-order valence-corrected chi connectivity index (χ3v) is 2.50. The van der Waals surface area contributed by atoms with E-state index in [0.717, 1.165) is 5.56 Å². The van der Waals surface area contributed by atoms with E-state index in [4.69, 9.17) is 9.78 Å². The quantitative estimate of drug-likeness (QED) is 0.884. The van der Waals surface area contributed by atoms with E-state index in [1.54, 1.807) is 12.1 Å². The molecule has 0 aliphatic carbocycles. The number of nitriles is 1. The number of hydrogen-bond acceptors (Lipinski definition) is 5. The second-order valence-electron chi connectivity index (χ2n) is 4.13. The van der Waals surface area contributed by atoms with Crippen molar-refractivity contribution < 1.29 is 14.0 Å². The van der Waals surface area contributed by atoms with Crippen molar-refractivity contribution in [3.8, 4) is 6.07 Å². The molecule has 0 saturated heterocycles. The zero-order chi connectivity index (χ0) is 13.7. The maximum atomic E-state index is 13.0. The molecule has 0 aliphatic heterocycles. The molecule has 0 bridgehead atoms. The van der Waals surface area contributed by atoms with Crippen molar-refractivity contribution in [3.05, 3.63) is 47.4 Å². The van der Waals surface area contributed by atoms with Crippen LogP contribution in [-0.2, 0) is 12.8 Å². The van der Waals surface area contributed by atoms with E-state index in [-0.39, 0.29) is 24.5 Å². The molecular formula is C13H12FN3O2. The first kappa shape index (κ1) is 13.2. The van der Waals surface area contributed by atoms with Gasteiger partial charge in [0.2, 0.25) is 5.89 Å². The zero-order valence-corrected chi connectivity index (χ0v) is 10.1. The first-order valence-corrected chi connectivity index (χ1v) is 5.78. The van der Waals surface area contributed by atoms with Crippen molar-refractivity contribution in [2.24, 2.45) is 0 Å². The molecule has 0 spiro atoms. The molecule has 1 unspecified atom stereocenters. The second kappa shape index (κ2) is 6.07. The monoisotopic (exact) mass is 261 g/mol. The minimum atomic E-state index is -0.813. The Hall–Kier alpha value is -2.26. The van der Waals surface area contributed by atoms with E-state index in [1.807, 2.05) is 6.07 Å². The average Bonchev–Trinajstić information content (AvgIpc) is 2.76. The smallest absolute Gasteiger partial charge is 0.229 e. The van der Waals surface area contributed by atoms with Gasteiger partial charge in [-0.25, -0.2) is 4.39 Å². The van der Waals surface area contributed by atoms with Crippen molar-refractivity contribution in [2.45, 2.75) is 25.4 Å². The van der Waals surface area contributed by atoms with E-state index in [1.165, 1.54) is 12.1 Å². The van der Waals surface area contributed by atoms with Crippen LogP contribution in [0.4, 0.5) is 4.39 Å². The number of nitrogens with zero attached hydrogens (tertiary/aromatic N) is 3. The topological polar surface area (TPSA) is 82.9 Å². The highest BCUT2D eigenvalue weighted by Crippen LogP contribution is 2.10. The summed E-state index contributed by atoms with van der Waals surface area (Å²) in [6.45, 7) is 0. The van der Waals surface area contributed by atoms with Crippen LogP contribution in [0.2, 0.25) is 0 Å². The molecule has 1 aromatic carbocycles. The Morgan fingerprint density at radius 2 is 2.32 bits per heavy atom. The lowest BCUT2D eigenvalue weighted by atomic mass is 10.1. The predicted octanol–water partition coefficient (Wildman–Crippen LogP) is 1.62. The van der Waals surface area contributed by atoms with E-state index in [2.05, 4.69) is 10.1 Å². The normalized spacial score (nSPS) is 12.1. The lowest BCUT2D eigenvalue weighted by Crippen LogP contribution is -2.09. The first-order valence-electron chi connectivity index (χ1n) is 5.78. The Labute approximate surface area is 109 Å². The fourth-order valence-electron chi connectivity index (χ4n) is 1.65. The molecule has 6 heteroatoms. The number of rotatable bonds is 5. The molecule has 1 heterocycles. The number of halogens is 1. The van der Waals surface area contributed by atoms with Crippen LogP contribution in [0.5, 0.6) is 0 Å². The van der Waals surface area contributed by atoms with Crippen LogP contribution in [0.25, 0.3) is 0 Å². The number of aliphatic hydroxyl groups is 1. The summed E-state index contributed by atoms with van der Waals surface area (Å²) in [4.78, 5) is 4.09. The van der Waals surface area contributed by atoms with Gasteiger partial charge in [-0.2, -0.15) is 10.2 Å². The van der Waals surface area contributed by atoms with Gasteiger partial charge in [-0.3, -0.25) is 0 Å². The van der Waals surface area contributed by atoms with Gasteiger partial charge in [-0.05, 0) is 17.7 Å². The van der Waals surface area contributed by atoms with Crippen LogP contribution in [0.3, 0.4) is 0 Å². The van der Waals surface area contributed by atoms with E-state index in [9.17, 15) is 9.50 Å². The molecule has 1 aromatic heterocycles. The van der Waals surface area contributed by atoms with E-state index in [0.29, 0.717) is 12.2 Å². The van der Waals surface area contributed by atoms with Gasteiger partial charge >= 0.3 is 0 Å². The highest BCUT2D eigenvalue weighted by Gasteiger charge is 2.12. The van der Waals surface area contributed by atoms with Gasteiger partial charge in [0.1, 0.15) is 5.82 Å². The molecule has 0 fully saturated rings. The Bertz CT molecular complexity index is 592. The molecule has 19 heavy (non-hydrogen) atoms. The highest BCUT2D eigenvalue weighted by molar-refractivity contribution is 5.19. The fraction of sp³-hybridized carbons (Fsp3) is 0.308. The lowest BCUT2D eigenvalue weighted by molar-refractivity contribution is 0.167. The van der Waals surface area contributed by atoms with Crippen molar-refractivity contribution in [1.82, 2.24) is 10.1 Å². The maximum absolute atomic E-state index is 13.0. The molecular weight excluding hydrogens is 249 g/mol. The second-order valence-corrected chi connectivity index (χ2v) is 4.13. The maximum Gasteiger partial charge on any atom is 0.229 e. The third-order valence-electron chi connectivity index (χ3n) is 2.50. The summed E-state index contributed by atoms with van der Waals surface area (Å²) in [5.41, 5.74) is 0.741. The van der Waals surface area contributed by atoms with Gasteiger partial charge in [0, 0.05) is 6.42 Å². The zero-order valence-electron chi connectivity index (χ0n) is 10.1. The minimum absolute atomic E-state index is 0.0155. The predicted molar refractivity (Wildman–Crippen MR) is 63.4 cm³/mol. The van der Waals surface area contributed by atoms with Gasteiger partial charge in [0.15, 0.2) is 5.82 Å². The Balaban J connectivity index is 1.99. The van der Waals surface area contributed by atoms with Gasteiger partial charge in [0.05, 0.1) is 25.0 Å².